The lowest BCUT2D eigenvalue weighted by Crippen LogP contribution is -2.36. The quantitative estimate of drug-likeness (QED) is 0.560. The van der Waals surface area contributed by atoms with Crippen molar-refractivity contribution in [2.24, 2.45) is 0 Å². The molecule has 1 amide bonds. The Kier molecular flexibility index (Phi) is 4.12. The molecule has 3 heterocycles. The first-order valence-corrected chi connectivity index (χ1v) is 9.56. The summed E-state index contributed by atoms with van der Waals surface area (Å²) in [6.07, 6.45) is 2.50. The summed E-state index contributed by atoms with van der Waals surface area (Å²) in [5.41, 5.74) is 5.26. The molecule has 0 spiro atoms. The molecule has 1 aliphatic rings. The molecular formula is C23H19FN4O. The van der Waals surface area contributed by atoms with Crippen LogP contribution in [0.2, 0.25) is 0 Å². The van der Waals surface area contributed by atoms with Gasteiger partial charge in [0.25, 0.3) is 5.91 Å². The summed E-state index contributed by atoms with van der Waals surface area (Å²) < 4.78 is 13.3. The SMILES string of the molecule is Cc1nc2c([nH]1)CN(C(=O)c1ccc(-c3cnc4cc(F)ccc4c3)cc1)CC2. The van der Waals surface area contributed by atoms with E-state index < -0.39 is 0 Å². The standard InChI is InChI=1S/C23H19FN4O/c1-14-26-20-8-9-28(13-22(20)27-14)23(29)16-4-2-15(3-5-16)18-10-17-6-7-19(24)11-21(17)25-12-18/h2-7,10-12H,8-9,13H2,1H3,(H,26,27). The number of aryl methyl sites for hydroxylation is 1. The molecule has 29 heavy (non-hydrogen) atoms. The van der Waals surface area contributed by atoms with Gasteiger partial charge in [0.1, 0.15) is 11.6 Å². The highest BCUT2D eigenvalue weighted by Gasteiger charge is 2.24. The van der Waals surface area contributed by atoms with Crippen molar-refractivity contribution in [3.05, 3.63) is 83.3 Å². The summed E-state index contributed by atoms with van der Waals surface area (Å²) in [7, 11) is 0. The highest BCUT2D eigenvalue weighted by Crippen LogP contribution is 2.25. The van der Waals surface area contributed by atoms with Crippen molar-refractivity contribution in [2.45, 2.75) is 19.9 Å². The highest BCUT2D eigenvalue weighted by molar-refractivity contribution is 5.95. The number of aromatic nitrogens is 3. The third-order valence-corrected chi connectivity index (χ3v) is 5.35. The van der Waals surface area contributed by atoms with Gasteiger partial charge in [-0.15, -0.1) is 0 Å². The van der Waals surface area contributed by atoms with Crippen LogP contribution in [0.25, 0.3) is 22.0 Å². The predicted octanol–water partition coefficient (Wildman–Crippen LogP) is 4.27. The summed E-state index contributed by atoms with van der Waals surface area (Å²) in [4.78, 5) is 26.8. The highest BCUT2D eigenvalue weighted by atomic mass is 19.1. The molecule has 1 N–H and O–H groups in total. The van der Waals surface area contributed by atoms with Crippen molar-refractivity contribution < 1.29 is 9.18 Å². The monoisotopic (exact) mass is 386 g/mol. The Bertz CT molecular complexity index is 1230. The zero-order chi connectivity index (χ0) is 20.0. The molecular weight excluding hydrogens is 367 g/mol. The van der Waals surface area contributed by atoms with Crippen LogP contribution in [-0.4, -0.2) is 32.3 Å². The number of halogens is 1. The van der Waals surface area contributed by atoms with Crippen LogP contribution in [0.4, 0.5) is 4.39 Å². The zero-order valence-electron chi connectivity index (χ0n) is 15.9. The summed E-state index contributed by atoms with van der Waals surface area (Å²) in [6, 6.07) is 14.1. The van der Waals surface area contributed by atoms with Crippen LogP contribution in [-0.2, 0) is 13.0 Å². The number of amides is 1. The second kappa shape index (κ2) is 6.81. The van der Waals surface area contributed by atoms with Crippen LogP contribution in [0, 0.1) is 12.7 Å². The van der Waals surface area contributed by atoms with Gasteiger partial charge in [0.05, 0.1) is 23.4 Å². The molecule has 0 bridgehead atoms. The summed E-state index contributed by atoms with van der Waals surface area (Å²) in [5.74, 6) is 0.609. The molecule has 4 aromatic rings. The first kappa shape index (κ1) is 17.6. The molecule has 0 radical (unpaired) electrons. The number of nitrogens with one attached hydrogen (secondary N) is 1. The molecule has 144 valence electrons. The van der Waals surface area contributed by atoms with E-state index in [0.717, 1.165) is 40.1 Å². The lowest BCUT2D eigenvalue weighted by atomic mass is 10.0. The van der Waals surface area contributed by atoms with E-state index in [0.29, 0.717) is 24.2 Å². The first-order valence-electron chi connectivity index (χ1n) is 9.56. The van der Waals surface area contributed by atoms with Crippen LogP contribution in [0.15, 0.2) is 54.7 Å². The number of rotatable bonds is 2. The van der Waals surface area contributed by atoms with Gasteiger partial charge in [0, 0.05) is 41.7 Å². The summed E-state index contributed by atoms with van der Waals surface area (Å²) >= 11 is 0. The third-order valence-electron chi connectivity index (χ3n) is 5.35. The van der Waals surface area contributed by atoms with E-state index in [9.17, 15) is 9.18 Å². The molecule has 0 saturated heterocycles. The van der Waals surface area contributed by atoms with E-state index in [1.54, 1.807) is 12.3 Å². The number of benzene rings is 2. The Hall–Kier alpha value is -3.54. The Morgan fingerprint density at radius 2 is 1.93 bits per heavy atom. The Labute approximate surface area is 167 Å². The van der Waals surface area contributed by atoms with E-state index in [2.05, 4.69) is 15.0 Å². The predicted molar refractivity (Wildman–Crippen MR) is 109 cm³/mol. The van der Waals surface area contributed by atoms with Crippen LogP contribution in [0.3, 0.4) is 0 Å². The molecule has 1 aliphatic heterocycles. The van der Waals surface area contributed by atoms with Crippen molar-refractivity contribution in [1.29, 1.82) is 0 Å². The minimum Gasteiger partial charge on any atom is -0.344 e. The van der Waals surface area contributed by atoms with Crippen molar-refractivity contribution in [3.8, 4) is 11.1 Å². The van der Waals surface area contributed by atoms with Crippen LogP contribution >= 0.6 is 0 Å². The fourth-order valence-electron chi connectivity index (χ4n) is 3.85. The van der Waals surface area contributed by atoms with Gasteiger partial charge in [-0.1, -0.05) is 12.1 Å². The van der Waals surface area contributed by atoms with Gasteiger partial charge in [0.15, 0.2) is 0 Å². The molecule has 0 unspecified atom stereocenters. The number of nitrogens with zero attached hydrogens (tertiary/aromatic N) is 3. The smallest absolute Gasteiger partial charge is 0.254 e. The zero-order valence-corrected chi connectivity index (χ0v) is 15.9. The van der Waals surface area contributed by atoms with Crippen LogP contribution in [0.5, 0.6) is 0 Å². The Morgan fingerprint density at radius 3 is 2.76 bits per heavy atom. The second-order valence-electron chi connectivity index (χ2n) is 7.36. The number of fused-ring (bicyclic) bond motifs is 2. The van der Waals surface area contributed by atoms with E-state index >= 15 is 0 Å². The fraction of sp³-hybridized carbons (Fsp3) is 0.174. The number of aromatic amines is 1. The van der Waals surface area contributed by atoms with Gasteiger partial charge >= 0.3 is 0 Å². The Balaban J connectivity index is 1.37. The number of carbonyl (C=O) groups is 1. The molecule has 2 aromatic heterocycles. The number of hydrogen-bond acceptors (Lipinski definition) is 3. The Morgan fingerprint density at radius 1 is 1.10 bits per heavy atom. The third kappa shape index (κ3) is 3.27. The van der Waals surface area contributed by atoms with Crippen LogP contribution in [0.1, 0.15) is 27.6 Å². The van der Waals surface area contributed by atoms with Crippen molar-refractivity contribution in [2.75, 3.05) is 6.54 Å². The number of carbonyl (C=O) groups excluding carboxylic acids is 1. The average Bonchev–Trinajstić information content (AvgIpc) is 3.12. The second-order valence-corrected chi connectivity index (χ2v) is 7.36. The molecule has 0 saturated carbocycles. The van der Waals surface area contributed by atoms with Crippen molar-refractivity contribution >= 4 is 16.8 Å². The van der Waals surface area contributed by atoms with E-state index in [1.807, 2.05) is 42.2 Å². The van der Waals surface area contributed by atoms with Crippen molar-refractivity contribution in [1.82, 2.24) is 19.9 Å². The van der Waals surface area contributed by atoms with Gasteiger partial charge in [0.2, 0.25) is 0 Å². The van der Waals surface area contributed by atoms with Crippen LogP contribution < -0.4 is 0 Å². The van der Waals surface area contributed by atoms with Gasteiger partial charge < -0.3 is 9.88 Å². The molecule has 0 fully saturated rings. The average molecular weight is 386 g/mol. The summed E-state index contributed by atoms with van der Waals surface area (Å²) in [6.45, 7) is 3.16. The molecule has 5 rings (SSSR count). The maximum atomic E-state index is 13.3. The maximum Gasteiger partial charge on any atom is 0.254 e. The number of imidazole rings is 1. The fourth-order valence-corrected chi connectivity index (χ4v) is 3.85. The van der Waals surface area contributed by atoms with Gasteiger partial charge in [-0.2, -0.15) is 0 Å². The van der Waals surface area contributed by atoms with Crippen molar-refractivity contribution in [3.63, 3.8) is 0 Å². The molecule has 6 heteroatoms. The molecule has 2 aromatic carbocycles. The first-order chi connectivity index (χ1) is 14.1. The summed E-state index contributed by atoms with van der Waals surface area (Å²) in [5, 5.41) is 0.878. The number of pyridine rings is 1. The number of hydrogen-bond donors (Lipinski definition) is 1. The number of H-pyrrole nitrogens is 1. The molecule has 0 atom stereocenters. The van der Waals surface area contributed by atoms with E-state index in [1.165, 1.54) is 12.1 Å². The molecule has 5 nitrogen and oxygen atoms in total. The lowest BCUT2D eigenvalue weighted by molar-refractivity contribution is 0.0732. The minimum absolute atomic E-state index is 0.0153. The van der Waals surface area contributed by atoms with Gasteiger partial charge in [-0.05, 0) is 42.8 Å². The van der Waals surface area contributed by atoms with Gasteiger partial charge in [-0.25, -0.2) is 9.37 Å². The maximum absolute atomic E-state index is 13.3. The topological polar surface area (TPSA) is 61.9 Å². The van der Waals surface area contributed by atoms with E-state index in [4.69, 9.17) is 0 Å². The molecule has 0 aliphatic carbocycles. The largest absolute Gasteiger partial charge is 0.344 e. The minimum atomic E-state index is -0.296. The van der Waals surface area contributed by atoms with E-state index in [-0.39, 0.29) is 11.7 Å². The normalized spacial score (nSPS) is 13.5. The van der Waals surface area contributed by atoms with Gasteiger partial charge in [-0.3, -0.25) is 9.78 Å². The lowest BCUT2D eigenvalue weighted by Gasteiger charge is -2.26.